The van der Waals surface area contributed by atoms with Gasteiger partial charge in [0.25, 0.3) is 0 Å². The first-order valence-corrected chi connectivity index (χ1v) is 5.73. The molecule has 0 fully saturated rings. The number of anilines is 1. The smallest absolute Gasteiger partial charge is 0.248 e. The van der Waals surface area contributed by atoms with Crippen LogP contribution in [0.2, 0.25) is 0 Å². The van der Waals surface area contributed by atoms with Gasteiger partial charge in [-0.05, 0) is 33.3 Å². The SMILES string of the molecule is CC(C)=CC(=O)Nc1sc(C)c(C)c1C#N. The van der Waals surface area contributed by atoms with Gasteiger partial charge in [-0.2, -0.15) is 5.26 Å². The zero-order chi connectivity index (χ0) is 12.3. The third-order valence-corrected chi connectivity index (χ3v) is 3.28. The van der Waals surface area contributed by atoms with Crippen molar-refractivity contribution in [3.05, 3.63) is 27.7 Å². The van der Waals surface area contributed by atoms with Gasteiger partial charge < -0.3 is 5.32 Å². The number of carbonyl (C=O) groups is 1. The summed E-state index contributed by atoms with van der Waals surface area (Å²) in [6, 6.07) is 2.12. The Hall–Kier alpha value is -1.60. The fourth-order valence-corrected chi connectivity index (χ4v) is 2.27. The number of hydrogen-bond donors (Lipinski definition) is 1. The molecule has 3 nitrogen and oxygen atoms in total. The van der Waals surface area contributed by atoms with Crippen LogP contribution < -0.4 is 5.32 Å². The molecule has 0 aliphatic carbocycles. The lowest BCUT2D eigenvalue weighted by Gasteiger charge is -1.99. The summed E-state index contributed by atoms with van der Waals surface area (Å²) in [5.41, 5.74) is 2.44. The maximum Gasteiger partial charge on any atom is 0.248 e. The molecule has 0 radical (unpaired) electrons. The van der Waals surface area contributed by atoms with Crippen LogP contribution >= 0.6 is 11.3 Å². The van der Waals surface area contributed by atoms with Gasteiger partial charge in [-0.1, -0.05) is 5.57 Å². The van der Waals surface area contributed by atoms with Crippen LogP contribution in [0.4, 0.5) is 5.00 Å². The van der Waals surface area contributed by atoms with Crippen molar-refractivity contribution in [1.29, 1.82) is 5.26 Å². The first-order chi connectivity index (χ1) is 7.45. The molecule has 0 aliphatic heterocycles. The van der Waals surface area contributed by atoms with E-state index >= 15 is 0 Å². The Bertz CT molecular complexity index is 488. The molecule has 0 bridgehead atoms. The predicted molar refractivity (Wildman–Crippen MR) is 66.6 cm³/mol. The summed E-state index contributed by atoms with van der Waals surface area (Å²) in [6.07, 6.45) is 1.52. The van der Waals surface area contributed by atoms with Gasteiger partial charge in [0, 0.05) is 11.0 Å². The Morgan fingerprint density at radius 2 is 2.06 bits per heavy atom. The molecule has 0 saturated carbocycles. The van der Waals surface area contributed by atoms with Crippen molar-refractivity contribution < 1.29 is 4.79 Å². The highest BCUT2D eigenvalue weighted by atomic mass is 32.1. The Kier molecular flexibility index (Phi) is 3.86. The van der Waals surface area contributed by atoms with E-state index in [1.165, 1.54) is 17.4 Å². The zero-order valence-electron chi connectivity index (χ0n) is 9.84. The van der Waals surface area contributed by atoms with E-state index in [-0.39, 0.29) is 5.91 Å². The van der Waals surface area contributed by atoms with Gasteiger partial charge in [0.15, 0.2) is 0 Å². The number of hydrogen-bond acceptors (Lipinski definition) is 3. The lowest BCUT2D eigenvalue weighted by Crippen LogP contribution is -2.08. The van der Waals surface area contributed by atoms with Crippen molar-refractivity contribution in [2.24, 2.45) is 0 Å². The maximum atomic E-state index is 11.5. The van der Waals surface area contributed by atoms with Gasteiger partial charge in [-0.15, -0.1) is 11.3 Å². The van der Waals surface area contributed by atoms with Crippen LogP contribution in [0.15, 0.2) is 11.6 Å². The minimum absolute atomic E-state index is 0.183. The Labute approximate surface area is 99.4 Å². The summed E-state index contributed by atoms with van der Waals surface area (Å²) in [6.45, 7) is 7.55. The number of aryl methyl sites for hydroxylation is 1. The van der Waals surface area contributed by atoms with Gasteiger partial charge in [-0.25, -0.2) is 0 Å². The number of nitrogens with one attached hydrogen (secondary N) is 1. The molecule has 1 amide bonds. The van der Waals surface area contributed by atoms with E-state index in [1.54, 1.807) is 0 Å². The molecule has 1 heterocycles. The minimum Gasteiger partial charge on any atom is -0.313 e. The number of carbonyl (C=O) groups excluding carboxylic acids is 1. The molecule has 1 aromatic heterocycles. The van der Waals surface area contributed by atoms with Crippen LogP contribution in [0.25, 0.3) is 0 Å². The molecular weight excluding hydrogens is 220 g/mol. The number of allylic oxidation sites excluding steroid dienone is 1. The zero-order valence-corrected chi connectivity index (χ0v) is 10.7. The Balaban J connectivity index is 2.99. The highest BCUT2D eigenvalue weighted by Gasteiger charge is 2.13. The minimum atomic E-state index is -0.183. The van der Waals surface area contributed by atoms with E-state index in [0.717, 1.165) is 16.0 Å². The van der Waals surface area contributed by atoms with Crippen LogP contribution in [-0.4, -0.2) is 5.91 Å². The molecule has 16 heavy (non-hydrogen) atoms. The highest BCUT2D eigenvalue weighted by Crippen LogP contribution is 2.31. The second kappa shape index (κ2) is 4.95. The monoisotopic (exact) mass is 234 g/mol. The molecule has 4 heteroatoms. The summed E-state index contributed by atoms with van der Waals surface area (Å²) in [5, 5.41) is 12.4. The highest BCUT2D eigenvalue weighted by molar-refractivity contribution is 7.16. The van der Waals surface area contributed by atoms with Gasteiger partial charge in [-0.3, -0.25) is 4.79 Å². The standard InChI is InChI=1S/C12H14N2OS/c1-7(2)5-11(15)14-12-10(6-13)8(3)9(4)16-12/h5H,1-4H3,(H,14,15). The van der Waals surface area contributed by atoms with Crippen LogP contribution in [-0.2, 0) is 4.79 Å². The third-order valence-electron chi connectivity index (χ3n) is 2.15. The van der Waals surface area contributed by atoms with E-state index in [0.29, 0.717) is 10.6 Å². The Morgan fingerprint density at radius 1 is 1.44 bits per heavy atom. The molecule has 0 aromatic carbocycles. The molecule has 0 spiro atoms. The van der Waals surface area contributed by atoms with Crippen LogP contribution in [0.3, 0.4) is 0 Å². The van der Waals surface area contributed by atoms with Gasteiger partial charge in [0.05, 0.1) is 5.56 Å². The number of nitriles is 1. The van der Waals surface area contributed by atoms with E-state index < -0.39 is 0 Å². The lowest BCUT2D eigenvalue weighted by molar-refractivity contribution is -0.111. The summed E-state index contributed by atoms with van der Waals surface area (Å²) in [4.78, 5) is 12.6. The van der Waals surface area contributed by atoms with E-state index in [4.69, 9.17) is 5.26 Å². The maximum absolute atomic E-state index is 11.5. The summed E-state index contributed by atoms with van der Waals surface area (Å²) in [5.74, 6) is -0.183. The van der Waals surface area contributed by atoms with E-state index in [2.05, 4.69) is 11.4 Å². The topological polar surface area (TPSA) is 52.9 Å². The Morgan fingerprint density at radius 3 is 2.56 bits per heavy atom. The summed E-state index contributed by atoms with van der Waals surface area (Å²) in [7, 11) is 0. The van der Waals surface area contributed by atoms with Crippen molar-refractivity contribution in [2.45, 2.75) is 27.7 Å². The van der Waals surface area contributed by atoms with Crippen molar-refractivity contribution >= 4 is 22.2 Å². The molecule has 1 aromatic rings. The lowest BCUT2D eigenvalue weighted by atomic mass is 10.2. The number of rotatable bonds is 2. The average Bonchev–Trinajstić information content (AvgIpc) is 2.40. The first-order valence-electron chi connectivity index (χ1n) is 4.91. The first kappa shape index (κ1) is 12.5. The van der Waals surface area contributed by atoms with Crippen molar-refractivity contribution in [1.82, 2.24) is 0 Å². The molecule has 0 atom stereocenters. The summed E-state index contributed by atoms with van der Waals surface area (Å²) < 4.78 is 0. The fraction of sp³-hybridized carbons (Fsp3) is 0.333. The molecule has 0 saturated heterocycles. The van der Waals surface area contributed by atoms with Crippen molar-refractivity contribution in [2.75, 3.05) is 5.32 Å². The molecule has 1 rings (SSSR count). The van der Waals surface area contributed by atoms with E-state index in [1.807, 2.05) is 27.7 Å². The molecule has 1 N–H and O–H groups in total. The fourth-order valence-electron chi connectivity index (χ4n) is 1.26. The largest absolute Gasteiger partial charge is 0.313 e. The van der Waals surface area contributed by atoms with Crippen LogP contribution in [0.5, 0.6) is 0 Å². The average molecular weight is 234 g/mol. The van der Waals surface area contributed by atoms with E-state index in [9.17, 15) is 4.79 Å². The second-order valence-electron chi connectivity index (χ2n) is 3.81. The predicted octanol–water partition coefficient (Wildman–Crippen LogP) is 3.14. The number of thiophene rings is 1. The third kappa shape index (κ3) is 2.71. The second-order valence-corrected chi connectivity index (χ2v) is 5.03. The van der Waals surface area contributed by atoms with Crippen molar-refractivity contribution in [3.63, 3.8) is 0 Å². The molecule has 0 aliphatic rings. The molecular formula is C12H14N2OS. The molecule has 0 unspecified atom stereocenters. The van der Waals surface area contributed by atoms with Gasteiger partial charge in [0.1, 0.15) is 11.1 Å². The van der Waals surface area contributed by atoms with Crippen LogP contribution in [0.1, 0.15) is 29.9 Å². The van der Waals surface area contributed by atoms with Gasteiger partial charge >= 0.3 is 0 Å². The molecule has 84 valence electrons. The van der Waals surface area contributed by atoms with Crippen molar-refractivity contribution in [3.8, 4) is 6.07 Å². The van der Waals surface area contributed by atoms with Gasteiger partial charge in [0.2, 0.25) is 5.91 Å². The normalized spacial score (nSPS) is 9.44. The quantitative estimate of drug-likeness (QED) is 0.799. The van der Waals surface area contributed by atoms with Crippen LogP contribution in [0, 0.1) is 25.2 Å². The number of nitrogens with zero attached hydrogens (tertiary/aromatic N) is 1. The summed E-state index contributed by atoms with van der Waals surface area (Å²) >= 11 is 1.44. The number of amides is 1.